The molecule has 1 unspecified atom stereocenters. The average molecular weight is 245 g/mol. The maximum absolute atomic E-state index is 3.64. The van der Waals surface area contributed by atoms with E-state index in [2.05, 4.69) is 60.9 Å². The summed E-state index contributed by atoms with van der Waals surface area (Å²) in [6.07, 6.45) is 1.12. The third-order valence-electron chi connectivity index (χ3n) is 3.09. The molecule has 0 aliphatic heterocycles. The van der Waals surface area contributed by atoms with Crippen molar-refractivity contribution in [2.75, 3.05) is 0 Å². The minimum Gasteiger partial charge on any atom is -0.305 e. The SMILES string of the molecule is CCC(NCc1sccc1C)c1ccccc1. The van der Waals surface area contributed by atoms with E-state index in [0.29, 0.717) is 6.04 Å². The van der Waals surface area contributed by atoms with Gasteiger partial charge in [0.1, 0.15) is 0 Å². The van der Waals surface area contributed by atoms with E-state index in [4.69, 9.17) is 0 Å². The first-order chi connectivity index (χ1) is 8.31. The smallest absolute Gasteiger partial charge is 0.0320 e. The molecule has 90 valence electrons. The van der Waals surface area contributed by atoms with Gasteiger partial charge in [-0.25, -0.2) is 0 Å². The summed E-state index contributed by atoms with van der Waals surface area (Å²) in [5.41, 5.74) is 2.77. The van der Waals surface area contributed by atoms with Crippen molar-refractivity contribution in [3.8, 4) is 0 Å². The van der Waals surface area contributed by atoms with Crippen LogP contribution >= 0.6 is 11.3 Å². The summed E-state index contributed by atoms with van der Waals surface area (Å²) in [6, 6.07) is 13.3. The molecule has 0 amide bonds. The molecule has 0 saturated heterocycles. The van der Waals surface area contributed by atoms with Gasteiger partial charge in [-0.2, -0.15) is 0 Å². The largest absolute Gasteiger partial charge is 0.305 e. The van der Waals surface area contributed by atoms with E-state index in [1.807, 2.05) is 11.3 Å². The van der Waals surface area contributed by atoms with Crippen LogP contribution in [-0.2, 0) is 6.54 Å². The Morgan fingerprint density at radius 2 is 1.94 bits per heavy atom. The minimum absolute atomic E-state index is 0.456. The van der Waals surface area contributed by atoms with E-state index < -0.39 is 0 Å². The Bertz CT molecular complexity index is 447. The third kappa shape index (κ3) is 3.18. The molecule has 2 aromatic rings. The molecule has 0 saturated carbocycles. The summed E-state index contributed by atoms with van der Waals surface area (Å²) in [6.45, 7) is 5.37. The summed E-state index contributed by atoms with van der Waals surface area (Å²) in [4.78, 5) is 1.44. The maximum atomic E-state index is 3.64. The summed E-state index contributed by atoms with van der Waals surface area (Å²) < 4.78 is 0. The van der Waals surface area contributed by atoms with Crippen LogP contribution in [0.3, 0.4) is 0 Å². The van der Waals surface area contributed by atoms with E-state index in [9.17, 15) is 0 Å². The predicted molar refractivity (Wildman–Crippen MR) is 75.4 cm³/mol. The van der Waals surface area contributed by atoms with Gasteiger partial charge in [0, 0.05) is 17.5 Å². The fraction of sp³-hybridized carbons (Fsp3) is 0.333. The lowest BCUT2D eigenvalue weighted by Gasteiger charge is -2.17. The number of thiophene rings is 1. The van der Waals surface area contributed by atoms with Crippen LogP contribution in [0.2, 0.25) is 0 Å². The molecular weight excluding hydrogens is 226 g/mol. The van der Waals surface area contributed by atoms with E-state index in [1.54, 1.807) is 0 Å². The highest BCUT2D eigenvalue weighted by molar-refractivity contribution is 7.10. The standard InChI is InChI=1S/C15H19NS/c1-3-14(13-7-5-4-6-8-13)16-11-15-12(2)9-10-17-15/h4-10,14,16H,3,11H2,1-2H3. The Balaban J connectivity index is 1.99. The fourth-order valence-electron chi connectivity index (χ4n) is 1.98. The van der Waals surface area contributed by atoms with Crippen LogP contribution in [0.5, 0.6) is 0 Å². The molecular formula is C15H19NS. The van der Waals surface area contributed by atoms with Gasteiger partial charge in [0.15, 0.2) is 0 Å². The first-order valence-electron chi connectivity index (χ1n) is 6.12. The molecule has 0 fully saturated rings. The van der Waals surface area contributed by atoms with Crippen LogP contribution in [0.4, 0.5) is 0 Å². The monoisotopic (exact) mass is 245 g/mol. The maximum Gasteiger partial charge on any atom is 0.0320 e. The van der Waals surface area contributed by atoms with Crippen LogP contribution in [0.1, 0.15) is 35.4 Å². The van der Waals surface area contributed by atoms with Gasteiger partial charge in [-0.3, -0.25) is 0 Å². The van der Waals surface area contributed by atoms with Crippen molar-refractivity contribution in [3.05, 3.63) is 57.8 Å². The van der Waals surface area contributed by atoms with Crippen LogP contribution in [0.25, 0.3) is 0 Å². The summed E-state index contributed by atoms with van der Waals surface area (Å²) >= 11 is 1.83. The van der Waals surface area contributed by atoms with Gasteiger partial charge in [-0.1, -0.05) is 37.3 Å². The molecule has 1 aromatic carbocycles. The van der Waals surface area contributed by atoms with Crippen molar-refractivity contribution in [2.45, 2.75) is 32.9 Å². The van der Waals surface area contributed by atoms with Crippen molar-refractivity contribution in [3.63, 3.8) is 0 Å². The number of benzene rings is 1. The number of hydrogen-bond acceptors (Lipinski definition) is 2. The molecule has 1 N–H and O–H groups in total. The number of aryl methyl sites for hydroxylation is 1. The predicted octanol–water partition coefficient (Wildman–Crippen LogP) is 4.30. The Morgan fingerprint density at radius 1 is 1.18 bits per heavy atom. The Labute approximate surface area is 108 Å². The third-order valence-corrected chi connectivity index (χ3v) is 4.11. The number of nitrogens with one attached hydrogen (secondary N) is 1. The number of hydrogen-bond donors (Lipinski definition) is 1. The first kappa shape index (κ1) is 12.3. The lowest BCUT2D eigenvalue weighted by Crippen LogP contribution is -2.19. The fourth-order valence-corrected chi connectivity index (χ4v) is 2.84. The summed E-state index contributed by atoms with van der Waals surface area (Å²) in [7, 11) is 0. The van der Waals surface area contributed by atoms with Gasteiger partial charge in [0.2, 0.25) is 0 Å². The highest BCUT2D eigenvalue weighted by atomic mass is 32.1. The molecule has 1 nitrogen and oxygen atoms in total. The van der Waals surface area contributed by atoms with E-state index in [0.717, 1.165) is 13.0 Å². The molecule has 1 atom stereocenters. The van der Waals surface area contributed by atoms with Crippen molar-refractivity contribution in [1.82, 2.24) is 5.32 Å². The van der Waals surface area contributed by atoms with Gasteiger partial charge in [-0.05, 0) is 35.9 Å². The van der Waals surface area contributed by atoms with Crippen molar-refractivity contribution >= 4 is 11.3 Å². The topological polar surface area (TPSA) is 12.0 Å². The lowest BCUT2D eigenvalue weighted by atomic mass is 10.0. The molecule has 0 aliphatic carbocycles. The van der Waals surface area contributed by atoms with E-state index in [1.165, 1.54) is 16.0 Å². The normalized spacial score (nSPS) is 12.6. The second-order valence-corrected chi connectivity index (χ2v) is 5.28. The van der Waals surface area contributed by atoms with Gasteiger partial charge < -0.3 is 5.32 Å². The Morgan fingerprint density at radius 3 is 2.53 bits per heavy atom. The average Bonchev–Trinajstić information content (AvgIpc) is 2.77. The zero-order valence-electron chi connectivity index (χ0n) is 10.4. The summed E-state index contributed by atoms with van der Waals surface area (Å²) in [5.74, 6) is 0. The van der Waals surface area contributed by atoms with Crippen LogP contribution in [0.15, 0.2) is 41.8 Å². The molecule has 0 bridgehead atoms. The molecule has 0 radical (unpaired) electrons. The number of rotatable bonds is 5. The lowest BCUT2D eigenvalue weighted by molar-refractivity contribution is 0.521. The van der Waals surface area contributed by atoms with Crippen molar-refractivity contribution in [2.24, 2.45) is 0 Å². The first-order valence-corrected chi connectivity index (χ1v) is 7.00. The van der Waals surface area contributed by atoms with E-state index >= 15 is 0 Å². The molecule has 0 spiro atoms. The minimum atomic E-state index is 0.456. The zero-order chi connectivity index (χ0) is 12.1. The molecule has 2 heteroatoms. The summed E-state index contributed by atoms with van der Waals surface area (Å²) in [5, 5.41) is 5.80. The highest BCUT2D eigenvalue weighted by Gasteiger charge is 2.08. The van der Waals surface area contributed by atoms with Gasteiger partial charge in [-0.15, -0.1) is 11.3 Å². The van der Waals surface area contributed by atoms with Crippen molar-refractivity contribution in [1.29, 1.82) is 0 Å². The zero-order valence-corrected chi connectivity index (χ0v) is 11.3. The van der Waals surface area contributed by atoms with Gasteiger partial charge >= 0.3 is 0 Å². The van der Waals surface area contributed by atoms with Gasteiger partial charge in [0.05, 0.1) is 0 Å². The highest BCUT2D eigenvalue weighted by Crippen LogP contribution is 2.20. The molecule has 17 heavy (non-hydrogen) atoms. The second kappa shape index (κ2) is 5.99. The van der Waals surface area contributed by atoms with Gasteiger partial charge in [0.25, 0.3) is 0 Å². The van der Waals surface area contributed by atoms with E-state index in [-0.39, 0.29) is 0 Å². The molecule has 0 aliphatic rings. The molecule has 2 rings (SSSR count). The van der Waals surface area contributed by atoms with Crippen LogP contribution < -0.4 is 5.32 Å². The second-order valence-electron chi connectivity index (χ2n) is 4.28. The quantitative estimate of drug-likeness (QED) is 0.828. The van der Waals surface area contributed by atoms with Crippen LogP contribution in [0, 0.1) is 6.92 Å². The van der Waals surface area contributed by atoms with Crippen LogP contribution in [-0.4, -0.2) is 0 Å². The van der Waals surface area contributed by atoms with Crippen molar-refractivity contribution < 1.29 is 0 Å². The molecule has 1 heterocycles. The Kier molecular flexibility index (Phi) is 4.35. The Hall–Kier alpha value is -1.12. The molecule has 1 aromatic heterocycles.